The number of halogens is 1. The van der Waals surface area contributed by atoms with E-state index in [1.165, 1.54) is 35.2 Å². The van der Waals surface area contributed by atoms with Crippen LogP contribution in [0.4, 0.5) is 9.52 Å². The number of esters is 1. The second kappa shape index (κ2) is 7.92. The molecule has 0 radical (unpaired) electrons. The van der Waals surface area contributed by atoms with Crippen molar-refractivity contribution < 1.29 is 18.7 Å². The fourth-order valence-corrected chi connectivity index (χ4v) is 4.64. The smallest absolute Gasteiger partial charge is 0.339 e. The van der Waals surface area contributed by atoms with E-state index in [9.17, 15) is 14.0 Å². The van der Waals surface area contributed by atoms with E-state index in [1.54, 1.807) is 31.2 Å². The van der Waals surface area contributed by atoms with Gasteiger partial charge in [-0.05, 0) is 36.2 Å². The fraction of sp³-hybridized carbons (Fsp3) is 0.200. The zero-order chi connectivity index (χ0) is 20.4. The lowest BCUT2D eigenvalue weighted by Crippen LogP contribution is -2.48. The molecule has 1 atom stereocenters. The Morgan fingerprint density at radius 1 is 1.24 bits per heavy atom. The zero-order valence-electron chi connectivity index (χ0n) is 15.3. The van der Waals surface area contributed by atoms with Gasteiger partial charge < -0.3 is 4.74 Å². The normalized spacial score (nSPS) is 18.1. The minimum Gasteiger partial charge on any atom is -0.445 e. The van der Waals surface area contributed by atoms with E-state index in [0.717, 1.165) is 11.1 Å². The molecule has 0 saturated carbocycles. The third-order valence-corrected chi connectivity index (χ3v) is 6.51. The predicted octanol–water partition coefficient (Wildman–Crippen LogP) is 4.08. The van der Waals surface area contributed by atoms with Crippen molar-refractivity contribution in [2.24, 2.45) is 0 Å². The molecule has 1 amide bonds. The lowest BCUT2D eigenvalue weighted by Gasteiger charge is -2.32. The van der Waals surface area contributed by atoms with Crippen molar-refractivity contribution >= 4 is 40.1 Å². The van der Waals surface area contributed by atoms with Gasteiger partial charge in [0.1, 0.15) is 5.82 Å². The second-order valence-corrected chi connectivity index (χ2v) is 8.90. The first-order valence-corrected chi connectivity index (χ1v) is 10.6. The summed E-state index contributed by atoms with van der Waals surface area (Å²) in [4.78, 5) is 25.0. The molecule has 1 aromatic heterocycles. The molecule has 9 heteroatoms. The van der Waals surface area contributed by atoms with Crippen LogP contribution in [0.5, 0.6) is 0 Å². The number of hydrogen-bond acceptors (Lipinski definition) is 7. The highest BCUT2D eigenvalue weighted by molar-refractivity contribution is 8.00. The van der Waals surface area contributed by atoms with Crippen LogP contribution in [0.3, 0.4) is 0 Å². The Hall–Kier alpha value is -2.78. The van der Waals surface area contributed by atoms with Gasteiger partial charge in [0.05, 0.1) is 5.56 Å². The van der Waals surface area contributed by atoms with Gasteiger partial charge in [-0.2, -0.15) is 0 Å². The number of rotatable bonds is 5. The van der Waals surface area contributed by atoms with E-state index in [-0.39, 0.29) is 12.2 Å². The Bertz CT molecular complexity index is 1070. The lowest BCUT2D eigenvalue weighted by atomic mass is 9.89. The summed E-state index contributed by atoms with van der Waals surface area (Å²) in [6.45, 7) is 1.58. The number of benzene rings is 2. The van der Waals surface area contributed by atoms with Crippen LogP contribution in [0.2, 0.25) is 0 Å². The van der Waals surface area contributed by atoms with Gasteiger partial charge in [0, 0.05) is 12.2 Å². The van der Waals surface area contributed by atoms with E-state index in [0.29, 0.717) is 20.8 Å². The van der Waals surface area contributed by atoms with Crippen LogP contribution >= 0.6 is 23.1 Å². The molecule has 0 aliphatic carbocycles. The molecule has 0 spiro atoms. The number of carbonyl (C=O) groups excluding carboxylic acids is 2. The number of ether oxygens (including phenoxy) is 1. The van der Waals surface area contributed by atoms with Crippen LogP contribution in [0.25, 0.3) is 0 Å². The summed E-state index contributed by atoms with van der Waals surface area (Å²) < 4.78 is 19.1. The first kappa shape index (κ1) is 19.5. The Balaban J connectivity index is 1.40. The molecule has 0 bridgehead atoms. The molecular weight excluding hydrogens is 413 g/mol. The summed E-state index contributed by atoms with van der Waals surface area (Å²) in [5.74, 6) is -0.641. The highest BCUT2D eigenvalue weighted by Crippen LogP contribution is 2.31. The molecule has 4 rings (SSSR count). The third-order valence-electron chi connectivity index (χ3n) is 4.47. The monoisotopic (exact) mass is 429 g/mol. The third kappa shape index (κ3) is 4.30. The van der Waals surface area contributed by atoms with Crippen molar-refractivity contribution in [1.29, 1.82) is 0 Å². The van der Waals surface area contributed by atoms with Gasteiger partial charge in [0.2, 0.25) is 5.13 Å². The van der Waals surface area contributed by atoms with E-state index >= 15 is 0 Å². The van der Waals surface area contributed by atoms with Gasteiger partial charge in [-0.15, -0.1) is 10.2 Å². The molecule has 6 nitrogen and oxygen atoms in total. The Kier molecular flexibility index (Phi) is 5.33. The van der Waals surface area contributed by atoms with Crippen molar-refractivity contribution in [3.63, 3.8) is 0 Å². The fourth-order valence-electron chi connectivity index (χ4n) is 2.93. The number of carbonyl (C=O) groups is 2. The highest BCUT2D eigenvalue weighted by atomic mass is 32.2. The van der Waals surface area contributed by atoms with Gasteiger partial charge in [0.15, 0.2) is 9.94 Å². The van der Waals surface area contributed by atoms with Gasteiger partial charge in [0.25, 0.3) is 5.91 Å². The summed E-state index contributed by atoms with van der Waals surface area (Å²) in [6.07, 6.45) is 0.283. The predicted molar refractivity (Wildman–Crippen MR) is 108 cm³/mol. The molecular formula is C20H16FN3O3S2. The van der Waals surface area contributed by atoms with Crippen LogP contribution in [-0.4, -0.2) is 27.7 Å². The quantitative estimate of drug-likeness (QED) is 0.374. The first-order chi connectivity index (χ1) is 13.9. The SMILES string of the molecule is CC1(C(=O)Nc2nnc(SCc3ccc(F)cc3)s2)Cc2ccccc2C(=O)O1. The van der Waals surface area contributed by atoms with Crippen LogP contribution in [0.1, 0.15) is 28.4 Å². The number of nitrogens with zero attached hydrogens (tertiary/aromatic N) is 2. The number of anilines is 1. The summed E-state index contributed by atoms with van der Waals surface area (Å²) in [5.41, 5.74) is 0.887. The minimum absolute atomic E-state index is 0.279. The van der Waals surface area contributed by atoms with Crippen LogP contribution in [0, 0.1) is 5.82 Å². The van der Waals surface area contributed by atoms with Crippen molar-refractivity contribution in [3.8, 4) is 0 Å². The second-order valence-electron chi connectivity index (χ2n) is 6.70. The van der Waals surface area contributed by atoms with Crippen LogP contribution in [0.15, 0.2) is 52.9 Å². The Morgan fingerprint density at radius 3 is 2.79 bits per heavy atom. The summed E-state index contributed by atoms with van der Waals surface area (Å²) in [6, 6.07) is 13.3. The van der Waals surface area contributed by atoms with E-state index < -0.39 is 17.5 Å². The van der Waals surface area contributed by atoms with Gasteiger partial charge in [-0.3, -0.25) is 10.1 Å². The summed E-state index contributed by atoms with van der Waals surface area (Å²) in [7, 11) is 0. The highest BCUT2D eigenvalue weighted by Gasteiger charge is 2.43. The van der Waals surface area contributed by atoms with E-state index in [4.69, 9.17) is 4.74 Å². The number of nitrogens with one attached hydrogen (secondary N) is 1. The average Bonchev–Trinajstić information content (AvgIpc) is 3.15. The molecule has 0 saturated heterocycles. The van der Waals surface area contributed by atoms with Crippen molar-refractivity contribution in [3.05, 3.63) is 71.0 Å². The standard InChI is InChI=1S/C20H16FN3O3S2/c1-20(10-13-4-2-3-5-15(13)16(25)27-20)17(26)22-18-23-24-19(29-18)28-11-12-6-8-14(21)9-7-12/h2-9H,10-11H2,1H3,(H,22,23,26). The summed E-state index contributed by atoms with van der Waals surface area (Å²) in [5, 5.41) is 11.1. The first-order valence-electron chi connectivity index (χ1n) is 8.76. The van der Waals surface area contributed by atoms with Crippen molar-refractivity contribution in [1.82, 2.24) is 10.2 Å². The number of cyclic esters (lactones) is 1. The molecule has 1 aliphatic heterocycles. The molecule has 0 fully saturated rings. The maximum absolute atomic E-state index is 13.0. The molecule has 1 aliphatic rings. The Labute approximate surface area is 174 Å². The Morgan fingerprint density at radius 2 is 2.00 bits per heavy atom. The van der Waals surface area contributed by atoms with Crippen molar-refractivity contribution in [2.75, 3.05) is 5.32 Å². The topological polar surface area (TPSA) is 81.2 Å². The number of amides is 1. The number of thioether (sulfide) groups is 1. The minimum atomic E-state index is -1.32. The number of fused-ring (bicyclic) bond motifs is 1. The summed E-state index contributed by atoms with van der Waals surface area (Å²) >= 11 is 2.67. The number of hydrogen-bond donors (Lipinski definition) is 1. The van der Waals surface area contributed by atoms with Crippen LogP contribution < -0.4 is 5.32 Å². The molecule has 3 aromatic rings. The molecule has 29 heavy (non-hydrogen) atoms. The molecule has 2 heterocycles. The lowest BCUT2D eigenvalue weighted by molar-refractivity contribution is -0.134. The molecule has 2 aromatic carbocycles. The van der Waals surface area contributed by atoms with Gasteiger partial charge >= 0.3 is 5.97 Å². The van der Waals surface area contributed by atoms with E-state index in [2.05, 4.69) is 15.5 Å². The largest absolute Gasteiger partial charge is 0.445 e. The number of aromatic nitrogens is 2. The van der Waals surface area contributed by atoms with Crippen molar-refractivity contribution in [2.45, 2.75) is 29.0 Å². The average molecular weight is 429 g/mol. The molecule has 1 N–H and O–H groups in total. The molecule has 1 unspecified atom stereocenters. The molecule has 148 valence electrons. The van der Waals surface area contributed by atoms with Gasteiger partial charge in [-0.25, -0.2) is 9.18 Å². The van der Waals surface area contributed by atoms with Gasteiger partial charge in [-0.1, -0.05) is 53.4 Å². The van der Waals surface area contributed by atoms with E-state index in [1.807, 2.05) is 12.1 Å². The maximum Gasteiger partial charge on any atom is 0.339 e. The van der Waals surface area contributed by atoms with Crippen LogP contribution in [-0.2, 0) is 21.7 Å². The zero-order valence-corrected chi connectivity index (χ0v) is 17.0. The maximum atomic E-state index is 13.0.